The van der Waals surface area contributed by atoms with Gasteiger partial charge in [-0.15, -0.1) is 0 Å². The first kappa shape index (κ1) is 16.3. The summed E-state index contributed by atoms with van der Waals surface area (Å²) < 4.78 is 5.23. The lowest BCUT2D eigenvalue weighted by atomic mass is 10.00. The molecular formula is C20H20N2OS. The van der Waals surface area contributed by atoms with Crippen molar-refractivity contribution in [2.75, 3.05) is 12.4 Å². The molecule has 4 heteroatoms. The molecule has 0 aliphatic carbocycles. The zero-order chi connectivity index (χ0) is 16.9. The molecule has 1 atom stereocenters. The van der Waals surface area contributed by atoms with Gasteiger partial charge >= 0.3 is 0 Å². The molecule has 0 fully saturated rings. The summed E-state index contributed by atoms with van der Waals surface area (Å²) in [7, 11) is 1.65. The van der Waals surface area contributed by atoms with Crippen molar-refractivity contribution in [1.82, 2.24) is 5.32 Å². The summed E-state index contributed by atoms with van der Waals surface area (Å²) >= 11 is 5.45. The van der Waals surface area contributed by atoms with E-state index in [4.69, 9.17) is 17.0 Å². The first-order valence-electron chi connectivity index (χ1n) is 7.86. The second kappa shape index (κ2) is 7.32. The Balaban J connectivity index is 1.73. The first-order valence-corrected chi connectivity index (χ1v) is 8.27. The quantitative estimate of drug-likeness (QED) is 0.664. The van der Waals surface area contributed by atoms with Gasteiger partial charge in [-0.05, 0) is 47.6 Å². The van der Waals surface area contributed by atoms with E-state index in [1.165, 1.54) is 16.3 Å². The second-order valence-electron chi connectivity index (χ2n) is 5.62. The molecule has 0 bridgehead atoms. The summed E-state index contributed by atoms with van der Waals surface area (Å²) in [5.41, 5.74) is 2.12. The Labute approximate surface area is 147 Å². The van der Waals surface area contributed by atoms with E-state index in [2.05, 4.69) is 60.0 Å². The van der Waals surface area contributed by atoms with Crippen LogP contribution >= 0.6 is 12.2 Å². The molecule has 0 heterocycles. The molecule has 3 rings (SSSR count). The maximum absolute atomic E-state index is 5.45. The number of nitrogens with one attached hydrogen (secondary N) is 2. The third kappa shape index (κ3) is 3.66. The fourth-order valence-electron chi connectivity index (χ4n) is 2.77. The van der Waals surface area contributed by atoms with Gasteiger partial charge in [0, 0.05) is 11.8 Å². The van der Waals surface area contributed by atoms with E-state index in [-0.39, 0.29) is 6.04 Å². The zero-order valence-corrected chi connectivity index (χ0v) is 14.6. The molecule has 0 radical (unpaired) electrons. The van der Waals surface area contributed by atoms with Crippen molar-refractivity contribution in [2.45, 2.75) is 13.0 Å². The fraction of sp³-hybridized carbons (Fsp3) is 0.150. The Morgan fingerprint density at radius 3 is 2.58 bits per heavy atom. The highest BCUT2D eigenvalue weighted by Crippen LogP contribution is 2.24. The van der Waals surface area contributed by atoms with Crippen LogP contribution in [0.15, 0.2) is 66.7 Å². The minimum atomic E-state index is 0.0988. The minimum absolute atomic E-state index is 0.0988. The zero-order valence-electron chi connectivity index (χ0n) is 13.7. The molecule has 3 aromatic carbocycles. The first-order chi connectivity index (χ1) is 11.7. The number of hydrogen-bond donors (Lipinski definition) is 2. The summed E-state index contributed by atoms with van der Waals surface area (Å²) in [6.07, 6.45) is 0. The van der Waals surface area contributed by atoms with Crippen LogP contribution in [0, 0.1) is 0 Å². The Morgan fingerprint density at radius 1 is 1.00 bits per heavy atom. The number of thiocarbonyl (C=S) groups is 1. The normalized spacial score (nSPS) is 11.8. The van der Waals surface area contributed by atoms with Crippen molar-refractivity contribution in [3.05, 3.63) is 72.3 Å². The maximum Gasteiger partial charge on any atom is 0.171 e. The number of methoxy groups -OCH3 is 1. The third-order valence-corrected chi connectivity index (χ3v) is 4.18. The Kier molecular flexibility index (Phi) is 4.96. The maximum atomic E-state index is 5.45. The van der Waals surface area contributed by atoms with Crippen LogP contribution in [0.25, 0.3) is 10.8 Å². The van der Waals surface area contributed by atoms with Crippen LogP contribution in [0.2, 0.25) is 0 Å². The number of rotatable bonds is 4. The van der Waals surface area contributed by atoms with Crippen LogP contribution in [0.1, 0.15) is 18.5 Å². The highest BCUT2D eigenvalue weighted by Gasteiger charge is 2.10. The van der Waals surface area contributed by atoms with Crippen molar-refractivity contribution in [3.63, 3.8) is 0 Å². The Bertz CT molecular complexity index is 858. The van der Waals surface area contributed by atoms with Gasteiger partial charge in [-0.25, -0.2) is 0 Å². The lowest BCUT2D eigenvalue weighted by Crippen LogP contribution is -2.31. The minimum Gasteiger partial charge on any atom is -0.497 e. The van der Waals surface area contributed by atoms with Crippen LogP contribution in [0.3, 0.4) is 0 Å². The monoisotopic (exact) mass is 336 g/mol. The SMILES string of the molecule is COc1cccc(NC(=S)N[C@@H](C)c2cccc3ccccc23)c1. The largest absolute Gasteiger partial charge is 0.497 e. The number of anilines is 1. The van der Waals surface area contributed by atoms with Crippen molar-refractivity contribution in [2.24, 2.45) is 0 Å². The number of ether oxygens (including phenoxy) is 1. The number of hydrogen-bond acceptors (Lipinski definition) is 2. The van der Waals surface area contributed by atoms with E-state index in [0.29, 0.717) is 5.11 Å². The van der Waals surface area contributed by atoms with Crippen molar-refractivity contribution < 1.29 is 4.74 Å². The summed E-state index contributed by atoms with van der Waals surface area (Å²) in [5.74, 6) is 0.796. The topological polar surface area (TPSA) is 33.3 Å². The smallest absolute Gasteiger partial charge is 0.171 e. The molecule has 0 aliphatic rings. The highest BCUT2D eigenvalue weighted by atomic mass is 32.1. The van der Waals surface area contributed by atoms with Gasteiger partial charge in [-0.1, -0.05) is 48.5 Å². The molecule has 0 spiro atoms. The van der Waals surface area contributed by atoms with E-state index in [1.54, 1.807) is 7.11 Å². The number of benzene rings is 3. The van der Waals surface area contributed by atoms with E-state index in [0.717, 1.165) is 11.4 Å². The molecule has 24 heavy (non-hydrogen) atoms. The molecule has 0 amide bonds. The average Bonchev–Trinajstić information content (AvgIpc) is 2.61. The van der Waals surface area contributed by atoms with Crippen LogP contribution in [-0.4, -0.2) is 12.2 Å². The lowest BCUT2D eigenvalue weighted by Gasteiger charge is -2.19. The third-order valence-electron chi connectivity index (χ3n) is 3.97. The molecule has 122 valence electrons. The van der Waals surface area contributed by atoms with E-state index >= 15 is 0 Å². The Morgan fingerprint density at radius 2 is 1.75 bits per heavy atom. The van der Waals surface area contributed by atoms with Gasteiger partial charge in [-0.3, -0.25) is 0 Å². The van der Waals surface area contributed by atoms with Crippen LogP contribution < -0.4 is 15.4 Å². The second-order valence-corrected chi connectivity index (χ2v) is 6.03. The van der Waals surface area contributed by atoms with Crippen LogP contribution in [0.4, 0.5) is 5.69 Å². The van der Waals surface area contributed by atoms with Crippen molar-refractivity contribution in [3.8, 4) is 5.75 Å². The molecule has 0 unspecified atom stereocenters. The highest BCUT2D eigenvalue weighted by molar-refractivity contribution is 7.80. The standard InChI is InChI=1S/C20H20N2OS/c1-14(18-12-5-8-15-7-3-4-11-19(15)18)21-20(24)22-16-9-6-10-17(13-16)23-2/h3-14H,1-2H3,(H2,21,22,24)/t14-/m0/s1. The van der Waals surface area contributed by atoms with Crippen LogP contribution in [-0.2, 0) is 0 Å². The predicted molar refractivity (Wildman–Crippen MR) is 105 cm³/mol. The predicted octanol–water partition coefficient (Wildman–Crippen LogP) is 4.90. The van der Waals surface area contributed by atoms with Crippen LogP contribution in [0.5, 0.6) is 5.75 Å². The molecule has 0 saturated carbocycles. The van der Waals surface area contributed by atoms with Gasteiger partial charge in [0.15, 0.2) is 5.11 Å². The van der Waals surface area contributed by atoms with Crippen molar-refractivity contribution in [1.29, 1.82) is 0 Å². The van der Waals surface area contributed by atoms with Crippen molar-refractivity contribution >= 4 is 33.8 Å². The van der Waals surface area contributed by atoms with Gasteiger partial charge in [0.2, 0.25) is 0 Å². The van der Waals surface area contributed by atoms with Gasteiger partial charge < -0.3 is 15.4 Å². The van der Waals surface area contributed by atoms with Gasteiger partial charge in [0.25, 0.3) is 0 Å². The average molecular weight is 336 g/mol. The molecular weight excluding hydrogens is 316 g/mol. The molecule has 3 aromatic rings. The lowest BCUT2D eigenvalue weighted by molar-refractivity contribution is 0.415. The Hall–Kier alpha value is -2.59. The number of fused-ring (bicyclic) bond motifs is 1. The molecule has 0 aromatic heterocycles. The van der Waals surface area contributed by atoms with Gasteiger partial charge in [0.05, 0.1) is 13.2 Å². The summed E-state index contributed by atoms with van der Waals surface area (Å²) in [5, 5.41) is 9.62. The van der Waals surface area contributed by atoms with E-state index in [1.807, 2.05) is 24.3 Å². The van der Waals surface area contributed by atoms with Gasteiger partial charge in [0.1, 0.15) is 5.75 Å². The molecule has 0 aliphatic heterocycles. The van der Waals surface area contributed by atoms with E-state index < -0.39 is 0 Å². The van der Waals surface area contributed by atoms with E-state index in [9.17, 15) is 0 Å². The molecule has 3 nitrogen and oxygen atoms in total. The fourth-order valence-corrected chi connectivity index (χ4v) is 3.07. The van der Waals surface area contributed by atoms with Gasteiger partial charge in [-0.2, -0.15) is 0 Å². The molecule has 2 N–H and O–H groups in total. The summed E-state index contributed by atoms with van der Waals surface area (Å²) in [4.78, 5) is 0. The molecule has 0 saturated heterocycles. The summed E-state index contributed by atoms with van der Waals surface area (Å²) in [6.45, 7) is 2.11. The summed E-state index contributed by atoms with van der Waals surface area (Å²) in [6, 6.07) is 22.5.